The molecule has 8 nitrogen and oxygen atoms in total. The summed E-state index contributed by atoms with van der Waals surface area (Å²) in [5.74, 6) is 0.909. The smallest absolute Gasteiger partial charge is 0.234 e. The minimum atomic E-state index is -0.188. The van der Waals surface area contributed by atoms with Crippen molar-refractivity contribution in [1.29, 1.82) is 0 Å². The first-order valence-corrected chi connectivity index (χ1v) is 10.7. The second-order valence-corrected chi connectivity index (χ2v) is 7.98. The minimum absolute atomic E-state index is 0.0881. The molecule has 2 amide bonds. The lowest BCUT2D eigenvalue weighted by atomic mass is 10.1. The fraction of sp³-hybridized carbons (Fsp3) is 0.273. The average molecular weight is 440 g/mol. The van der Waals surface area contributed by atoms with Crippen LogP contribution in [0.15, 0.2) is 47.6 Å². The van der Waals surface area contributed by atoms with E-state index < -0.39 is 0 Å². The molecule has 2 N–H and O–H groups in total. The van der Waals surface area contributed by atoms with E-state index in [1.54, 1.807) is 30.9 Å². The Bertz CT molecular complexity index is 1100. The van der Waals surface area contributed by atoms with Gasteiger partial charge in [-0.3, -0.25) is 9.59 Å². The van der Waals surface area contributed by atoms with E-state index in [0.717, 1.165) is 16.8 Å². The average Bonchev–Trinajstić information content (AvgIpc) is 3.09. The Labute approximate surface area is 185 Å². The summed E-state index contributed by atoms with van der Waals surface area (Å²) in [4.78, 5) is 24.8. The summed E-state index contributed by atoms with van der Waals surface area (Å²) < 4.78 is 6.96. The highest BCUT2D eigenvalue weighted by Gasteiger charge is 2.15. The maximum Gasteiger partial charge on any atom is 0.234 e. The number of thioether (sulfide) groups is 1. The van der Waals surface area contributed by atoms with Crippen molar-refractivity contribution < 1.29 is 14.3 Å². The monoisotopic (exact) mass is 439 g/mol. The Morgan fingerprint density at radius 3 is 2.55 bits per heavy atom. The van der Waals surface area contributed by atoms with Crippen LogP contribution in [0, 0.1) is 13.8 Å². The van der Waals surface area contributed by atoms with Gasteiger partial charge < -0.3 is 19.9 Å². The molecule has 0 aliphatic heterocycles. The van der Waals surface area contributed by atoms with Crippen LogP contribution >= 0.6 is 11.8 Å². The Morgan fingerprint density at radius 2 is 1.77 bits per heavy atom. The number of ether oxygens (including phenoxy) is 1. The summed E-state index contributed by atoms with van der Waals surface area (Å²) in [5.41, 5.74) is 3.46. The van der Waals surface area contributed by atoms with Crippen LogP contribution in [0.5, 0.6) is 5.75 Å². The Balaban J connectivity index is 1.56. The van der Waals surface area contributed by atoms with Gasteiger partial charge in [0.15, 0.2) is 5.16 Å². The maximum absolute atomic E-state index is 12.5. The van der Waals surface area contributed by atoms with Crippen LogP contribution in [0.2, 0.25) is 0 Å². The van der Waals surface area contributed by atoms with Gasteiger partial charge >= 0.3 is 0 Å². The van der Waals surface area contributed by atoms with Gasteiger partial charge in [0, 0.05) is 12.7 Å². The lowest BCUT2D eigenvalue weighted by Gasteiger charge is -2.10. The van der Waals surface area contributed by atoms with Crippen LogP contribution in [-0.4, -0.2) is 39.4 Å². The second kappa shape index (κ2) is 10.1. The number of anilines is 2. The van der Waals surface area contributed by atoms with Crippen molar-refractivity contribution in [3.8, 4) is 5.75 Å². The number of methoxy groups -OCH3 is 1. The van der Waals surface area contributed by atoms with E-state index in [1.807, 2.05) is 44.2 Å². The highest BCUT2D eigenvalue weighted by molar-refractivity contribution is 7.99. The Morgan fingerprint density at radius 1 is 1.03 bits per heavy atom. The molecule has 3 rings (SSSR count). The largest absolute Gasteiger partial charge is 0.495 e. The van der Waals surface area contributed by atoms with Crippen molar-refractivity contribution in [2.75, 3.05) is 23.5 Å². The SMILES string of the molecule is COc1ccccc1NC(=O)CSc1nnc(CC(=O)Nc2cc(C)ccc2C)n1C. The van der Waals surface area contributed by atoms with E-state index in [-0.39, 0.29) is 24.0 Å². The van der Waals surface area contributed by atoms with Gasteiger partial charge in [-0.15, -0.1) is 10.2 Å². The molecule has 1 aromatic heterocycles. The third-order valence-electron chi connectivity index (χ3n) is 4.62. The third kappa shape index (κ3) is 5.85. The first kappa shape index (κ1) is 22.4. The molecule has 0 spiro atoms. The number of benzene rings is 2. The molecule has 0 saturated carbocycles. The summed E-state index contributed by atoms with van der Waals surface area (Å²) in [5, 5.41) is 14.5. The van der Waals surface area contributed by atoms with E-state index >= 15 is 0 Å². The van der Waals surface area contributed by atoms with Gasteiger partial charge in [0.2, 0.25) is 11.8 Å². The molecule has 0 radical (unpaired) electrons. The quantitative estimate of drug-likeness (QED) is 0.523. The number of carbonyl (C=O) groups excluding carboxylic acids is 2. The second-order valence-electron chi connectivity index (χ2n) is 7.04. The molecular weight excluding hydrogens is 414 g/mol. The number of para-hydroxylation sites is 2. The maximum atomic E-state index is 12.5. The van der Waals surface area contributed by atoms with Gasteiger partial charge in [0.25, 0.3) is 0 Å². The Hall–Kier alpha value is -3.33. The highest BCUT2D eigenvalue weighted by atomic mass is 32.2. The molecular formula is C22H25N5O3S. The highest BCUT2D eigenvalue weighted by Crippen LogP contribution is 2.24. The number of nitrogens with one attached hydrogen (secondary N) is 2. The van der Waals surface area contributed by atoms with Crippen LogP contribution in [0.1, 0.15) is 17.0 Å². The van der Waals surface area contributed by atoms with Gasteiger partial charge in [0.05, 0.1) is 25.0 Å². The number of carbonyl (C=O) groups is 2. The number of hydrogen-bond acceptors (Lipinski definition) is 6. The fourth-order valence-corrected chi connectivity index (χ4v) is 3.63. The van der Waals surface area contributed by atoms with E-state index in [9.17, 15) is 9.59 Å². The number of aryl methyl sites for hydroxylation is 2. The van der Waals surface area contributed by atoms with Crippen LogP contribution in [0.4, 0.5) is 11.4 Å². The molecule has 0 aliphatic rings. The Kier molecular flexibility index (Phi) is 7.30. The van der Waals surface area contributed by atoms with Gasteiger partial charge in [-0.1, -0.05) is 36.0 Å². The van der Waals surface area contributed by atoms with Crippen LogP contribution < -0.4 is 15.4 Å². The molecule has 9 heteroatoms. The fourth-order valence-electron chi connectivity index (χ4n) is 2.90. The van der Waals surface area contributed by atoms with Crippen molar-refractivity contribution in [3.05, 3.63) is 59.4 Å². The van der Waals surface area contributed by atoms with Gasteiger partial charge in [-0.05, 0) is 43.2 Å². The summed E-state index contributed by atoms with van der Waals surface area (Å²) in [6, 6.07) is 13.1. The van der Waals surface area contributed by atoms with Gasteiger partial charge in [-0.25, -0.2) is 0 Å². The van der Waals surface area contributed by atoms with E-state index in [2.05, 4.69) is 20.8 Å². The summed E-state index contributed by atoms with van der Waals surface area (Å²) in [6.45, 7) is 3.92. The molecule has 0 saturated heterocycles. The van der Waals surface area contributed by atoms with E-state index in [1.165, 1.54) is 11.8 Å². The molecule has 162 valence electrons. The first-order valence-electron chi connectivity index (χ1n) is 9.68. The molecule has 31 heavy (non-hydrogen) atoms. The number of rotatable bonds is 8. The molecule has 0 bridgehead atoms. The zero-order chi connectivity index (χ0) is 22.4. The van der Waals surface area contributed by atoms with Gasteiger partial charge in [0.1, 0.15) is 11.6 Å². The standard InChI is InChI=1S/C22H25N5O3S/c1-14-9-10-15(2)17(11-14)24-20(28)12-19-25-26-22(27(19)3)31-13-21(29)23-16-7-5-6-8-18(16)30-4/h5-11H,12-13H2,1-4H3,(H,23,29)(H,24,28). The predicted octanol–water partition coefficient (Wildman–Crippen LogP) is 3.35. The number of hydrogen-bond donors (Lipinski definition) is 2. The van der Waals surface area contributed by atoms with Crippen molar-refractivity contribution in [3.63, 3.8) is 0 Å². The van der Waals surface area contributed by atoms with Crippen molar-refractivity contribution >= 4 is 35.0 Å². The zero-order valence-corrected chi connectivity index (χ0v) is 18.7. The van der Waals surface area contributed by atoms with Crippen molar-refractivity contribution in [1.82, 2.24) is 14.8 Å². The number of amides is 2. The minimum Gasteiger partial charge on any atom is -0.495 e. The van der Waals surface area contributed by atoms with Crippen molar-refractivity contribution in [2.45, 2.75) is 25.4 Å². The topological polar surface area (TPSA) is 98.1 Å². The molecule has 1 heterocycles. The van der Waals surface area contributed by atoms with E-state index in [4.69, 9.17) is 4.74 Å². The van der Waals surface area contributed by atoms with Crippen LogP contribution in [-0.2, 0) is 23.1 Å². The molecule has 3 aromatic rings. The lowest BCUT2D eigenvalue weighted by Crippen LogP contribution is -2.18. The number of aromatic nitrogens is 3. The molecule has 0 atom stereocenters. The van der Waals surface area contributed by atoms with Crippen LogP contribution in [0.3, 0.4) is 0 Å². The summed E-state index contributed by atoms with van der Waals surface area (Å²) in [7, 11) is 3.33. The number of nitrogens with zero attached hydrogens (tertiary/aromatic N) is 3. The normalized spacial score (nSPS) is 10.6. The van der Waals surface area contributed by atoms with Crippen molar-refractivity contribution in [2.24, 2.45) is 7.05 Å². The van der Waals surface area contributed by atoms with Gasteiger partial charge in [-0.2, -0.15) is 0 Å². The predicted molar refractivity (Wildman–Crippen MR) is 122 cm³/mol. The first-order chi connectivity index (χ1) is 14.9. The molecule has 0 aliphatic carbocycles. The van der Waals surface area contributed by atoms with E-state index in [0.29, 0.717) is 22.4 Å². The summed E-state index contributed by atoms with van der Waals surface area (Å²) in [6.07, 6.45) is 0.0881. The van der Waals surface area contributed by atoms with Crippen LogP contribution in [0.25, 0.3) is 0 Å². The zero-order valence-electron chi connectivity index (χ0n) is 17.9. The molecule has 0 unspecified atom stereocenters. The summed E-state index contributed by atoms with van der Waals surface area (Å²) >= 11 is 1.25. The molecule has 0 fully saturated rings. The lowest BCUT2D eigenvalue weighted by molar-refractivity contribution is -0.116. The third-order valence-corrected chi connectivity index (χ3v) is 5.64. The molecule has 2 aromatic carbocycles.